The maximum Gasteiger partial charge on any atom is 0.225 e. The number of nitrogens with two attached hydrogens (primary N) is 1. The Hall–Kier alpha value is -1.43. The van der Waals surface area contributed by atoms with E-state index < -0.39 is 5.54 Å². The molecule has 0 aliphatic carbocycles. The maximum atomic E-state index is 11.8. The largest absolute Gasteiger partial charge is 0.394 e. The molecule has 0 saturated heterocycles. The van der Waals surface area contributed by atoms with Crippen LogP contribution in [0.2, 0.25) is 0 Å². The van der Waals surface area contributed by atoms with Gasteiger partial charge in [-0.15, -0.1) is 0 Å². The minimum absolute atomic E-state index is 0.183. The Morgan fingerprint density at radius 2 is 1.83 bits per heavy atom. The van der Waals surface area contributed by atoms with Crippen LogP contribution in [0.15, 0.2) is 24.3 Å². The lowest BCUT2D eigenvalue weighted by molar-refractivity contribution is -0.123. The molecule has 18 heavy (non-hydrogen) atoms. The standard InChI is InChI=1S/C13H20N2O3/c1-13(8-16,9-17)15-12(18)6-10-4-2-3-5-11(10)7-14/h2-5,16-17H,6-9,14H2,1H3,(H,15,18). The van der Waals surface area contributed by atoms with E-state index >= 15 is 0 Å². The summed E-state index contributed by atoms with van der Waals surface area (Å²) in [5.41, 5.74) is 6.38. The highest BCUT2D eigenvalue weighted by Gasteiger charge is 2.24. The average molecular weight is 252 g/mol. The number of hydrogen-bond donors (Lipinski definition) is 4. The van der Waals surface area contributed by atoms with Gasteiger partial charge in [0, 0.05) is 6.54 Å². The van der Waals surface area contributed by atoms with Gasteiger partial charge in [-0.25, -0.2) is 0 Å². The number of carbonyl (C=O) groups excluding carboxylic acids is 1. The van der Waals surface area contributed by atoms with Crippen LogP contribution in [0.5, 0.6) is 0 Å². The monoisotopic (exact) mass is 252 g/mol. The van der Waals surface area contributed by atoms with Crippen molar-refractivity contribution in [2.75, 3.05) is 13.2 Å². The van der Waals surface area contributed by atoms with Gasteiger partial charge in [-0.1, -0.05) is 24.3 Å². The Balaban J connectivity index is 2.70. The molecular formula is C13H20N2O3. The molecule has 0 aromatic heterocycles. The van der Waals surface area contributed by atoms with Crippen molar-refractivity contribution in [3.05, 3.63) is 35.4 Å². The third kappa shape index (κ3) is 3.80. The first-order valence-corrected chi connectivity index (χ1v) is 5.84. The van der Waals surface area contributed by atoms with Crippen molar-refractivity contribution in [1.82, 2.24) is 5.32 Å². The molecule has 0 atom stereocenters. The van der Waals surface area contributed by atoms with Crippen LogP contribution in [0.3, 0.4) is 0 Å². The first kappa shape index (κ1) is 14.6. The van der Waals surface area contributed by atoms with Crippen molar-refractivity contribution >= 4 is 5.91 Å². The summed E-state index contributed by atoms with van der Waals surface area (Å²) in [5, 5.41) is 20.8. The van der Waals surface area contributed by atoms with Crippen molar-refractivity contribution in [1.29, 1.82) is 0 Å². The van der Waals surface area contributed by atoms with Gasteiger partial charge >= 0.3 is 0 Å². The second-order valence-electron chi connectivity index (χ2n) is 4.57. The predicted molar refractivity (Wildman–Crippen MR) is 68.8 cm³/mol. The minimum Gasteiger partial charge on any atom is -0.394 e. The van der Waals surface area contributed by atoms with Crippen LogP contribution < -0.4 is 11.1 Å². The molecule has 1 aromatic carbocycles. The van der Waals surface area contributed by atoms with E-state index in [-0.39, 0.29) is 25.5 Å². The predicted octanol–water partition coefficient (Wildman–Crippen LogP) is -0.453. The summed E-state index contributed by atoms with van der Waals surface area (Å²) in [6.45, 7) is 1.34. The molecule has 0 aliphatic rings. The van der Waals surface area contributed by atoms with Crippen molar-refractivity contribution in [3.63, 3.8) is 0 Å². The molecule has 5 nitrogen and oxygen atoms in total. The number of carbonyl (C=O) groups is 1. The SMILES string of the molecule is CC(CO)(CO)NC(=O)Cc1ccccc1CN. The third-order valence-electron chi connectivity index (χ3n) is 2.83. The van der Waals surface area contributed by atoms with Gasteiger partial charge in [0.2, 0.25) is 5.91 Å². The fraction of sp³-hybridized carbons (Fsp3) is 0.462. The molecule has 0 saturated carbocycles. The Labute approximate surface area is 107 Å². The van der Waals surface area contributed by atoms with Gasteiger partial charge in [0.1, 0.15) is 0 Å². The lowest BCUT2D eigenvalue weighted by Crippen LogP contribution is -2.52. The van der Waals surface area contributed by atoms with E-state index in [1.54, 1.807) is 6.92 Å². The van der Waals surface area contributed by atoms with Crippen LogP contribution in [0.25, 0.3) is 0 Å². The fourth-order valence-electron chi connectivity index (χ4n) is 1.61. The summed E-state index contributed by atoms with van der Waals surface area (Å²) in [6, 6.07) is 7.44. The first-order chi connectivity index (χ1) is 8.54. The minimum atomic E-state index is -0.991. The van der Waals surface area contributed by atoms with E-state index in [1.807, 2.05) is 24.3 Å². The number of rotatable bonds is 6. The Morgan fingerprint density at radius 3 is 2.33 bits per heavy atom. The molecular weight excluding hydrogens is 232 g/mol. The summed E-state index contributed by atoms with van der Waals surface area (Å²) in [7, 11) is 0. The summed E-state index contributed by atoms with van der Waals surface area (Å²) < 4.78 is 0. The van der Waals surface area contributed by atoms with Crippen LogP contribution in [0, 0.1) is 0 Å². The van der Waals surface area contributed by atoms with E-state index in [0.717, 1.165) is 11.1 Å². The molecule has 0 unspecified atom stereocenters. The summed E-state index contributed by atoms with van der Waals surface area (Å²) in [4.78, 5) is 11.8. The van der Waals surface area contributed by atoms with Crippen LogP contribution in [0.4, 0.5) is 0 Å². The van der Waals surface area contributed by atoms with Crippen molar-refractivity contribution in [2.45, 2.75) is 25.4 Å². The van der Waals surface area contributed by atoms with E-state index in [1.165, 1.54) is 0 Å². The molecule has 1 amide bonds. The number of benzene rings is 1. The van der Waals surface area contributed by atoms with E-state index in [2.05, 4.69) is 5.32 Å². The number of amides is 1. The Morgan fingerprint density at radius 1 is 1.28 bits per heavy atom. The Kier molecular flexibility index (Phi) is 5.27. The fourth-order valence-corrected chi connectivity index (χ4v) is 1.61. The average Bonchev–Trinajstić information content (AvgIpc) is 2.39. The molecule has 0 heterocycles. The lowest BCUT2D eigenvalue weighted by Gasteiger charge is -2.26. The highest BCUT2D eigenvalue weighted by molar-refractivity contribution is 5.79. The van der Waals surface area contributed by atoms with Gasteiger partial charge < -0.3 is 21.3 Å². The molecule has 1 rings (SSSR count). The summed E-state index contributed by atoms with van der Waals surface area (Å²) in [5.74, 6) is -0.249. The van der Waals surface area contributed by atoms with Crippen molar-refractivity contribution < 1.29 is 15.0 Å². The number of aliphatic hydroxyl groups is 2. The van der Waals surface area contributed by atoms with Gasteiger partial charge in [-0.3, -0.25) is 4.79 Å². The van der Waals surface area contributed by atoms with Crippen LogP contribution in [-0.4, -0.2) is 34.9 Å². The highest BCUT2D eigenvalue weighted by atomic mass is 16.3. The van der Waals surface area contributed by atoms with Gasteiger partial charge in [0.05, 0.1) is 25.2 Å². The smallest absolute Gasteiger partial charge is 0.225 e. The zero-order chi connectivity index (χ0) is 13.6. The van der Waals surface area contributed by atoms with Crippen molar-refractivity contribution in [2.24, 2.45) is 5.73 Å². The van der Waals surface area contributed by atoms with Crippen molar-refractivity contribution in [3.8, 4) is 0 Å². The topological polar surface area (TPSA) is 95.6 Å². The second kappa shape index (κ2) is 6.49. The maximum absolute atomic E-state index is 11.8. The Bertz CT molecular complexity index is 403. The lowest BCUT2D eigenvalue weighted by atomic mass is 10.0. The molecule has 0 aliphatic heterocycles. The third-order valence-corrected chi connectivity index (χ3v) is 2.83. The number of hydrogen-bond acceptors (Lipinski definition) is 4. The van der Waals surface area contributed by atoms with Gasteiger partial charge in [0.15, 0.2) is 0 Å². The molecule has 0 fully saturated rings. The normalized spacial score (nSPS) is 11.3. The second-order valence-corrected chi connectivity index (χ2v) is 4.57. The molecule has 5 N–H and O–H groups in total. The van der Waals surface area contributed by atoms with Gasteiger partial charge in [0.25, 0.3) is 0 Å². The molecule has 0 radical (unpaired) electrons. The zero-order valence-electron chi connectivity index (χ0n) is 10.5. The van der Waals surface area contributed by atoms with Gasteiger partial charge in [-0.2, -0.15) is 0 Å². The first-order valence-electron chi connectivity index (χ1n) is 5.84. The number of aliphatic hydroxyl groups excluding tert-OH is 2. The molecule has 100 valence electrons. The molecule has 1 aromatic rings. The van der Waals surface area contributed by atoms with Crippen LogP contribution in [-0.2, 0) is 17.8 Å². The zero-order valence-corrected chi connectivity index (χ0v) is 10.5. The van der Waals surface area contributed by atoms with Crippen LogP contribution in [0.1, 0.15) is 18.1 Å². The number of nitrogens with one attached hydrogen (secondary N) is 1. The summed E-state index contributed by atoms with van der Waals surface area (Å²) >= 11 is 0. The van der Waals surface area contributed by atoms with Gasteiger partial charge in [-0.05, 0) is 18.1 Å². The van der Waals surface area contributed by atoms with Crippen LogP contribution >= 0.6 is 0 Å². The highest BCUT2D eigenvalue weighted by Crippen LogP contribution is 2.10. The molecule has 0 bridgehead atoms. The van der Waals surface area contributed by atoms with E-state index in [0.29, 0.717) is 6.54 Å². The van der Waals surface area contributed by atoms with E-state index in [9.17, 15) is 4.79 Å². The summed E-state index contributed by atoms with van der Waals surface area (Å²) in [6.07, 6.45) is 0.183. The molecule has 0 spiro atoms. The molecule has 5 heteroatoms. The quantitative estimate of drug-likeness (QED) is 0.551. The van der Waals surface area contributed by atoms with E-state index in [4.69, 9.17) is 15.9 Å².